The third-order valence-electron chi connectivity index (χ3n) is 5.00. The largest absolute Gasteiger partial charge is 0.381 e. The molecular weight excluding hydrogens is 379 g/mol. The van der Waals surface area contributed by atoms with Gasteiger partial charge < -0.3 is 15.8 Å². The maximum Gasteiger partial charge on any atom is 0.224 e. The van der Waals surface area contributed by atoms with E-state index in [1.807, 2.05) is 0 Å². The zero-order valence-corrected chi connectivity index (χ0v) is 16.6. The van der Waals surface area contributed by atoms with Gasteiger partial charge in [-0.3, -0.25) is 14.4 Å². The van der Waals surface area contributed by atoms with Gasteiger partial charge in [-0.1, -0.05) is 5.21 Å². The first kappa shape index (κ1) is 23.1. The summed E-state index contributed by atoms with van der Waals surface area (Å²) in [4.78, 5) is 15.0. The van der Waals surface area contributed by atoms with Gasteiger partial charge in [-0.25, -0.2) is 0 Å². The van der Waals surface area contributed by atoms with Crippen LogP contribution in [0.4, 0.5) is 0 Å². The lowest BCUT2D eigenvalue weighted by molar-refractivity contribution is -0.126. The predicted octanol–water partition coefficient (Wildman–Crippen LogP) is 0.456. The summed E-state index contributed by atoms with van der Waals surface area (Å²) in [6.07, 6.45) is 7.27. The van der Waals surface area contributed by atoms with Crippen LogP contribution in [0.25, 0.3) is 0 Å². The highest BCUT2D eigenvalue weighted by atomic mass is 35.5. The van der Waals surface area contributed by atoms with Gasteiger partial charge in [0.2, 0.25) is 5.91 Å². The quantitative estimate of drug-likeness (QED) is 0.733. The number of ether oxygens (including phenoxy) is 1. The van der Waals surface area contributed by atoms with Crippen LogP contribution in [0.5, 0.6) is 0 Å². The standard InChI is InChI=1S/C16H28N6O2.2ClH/c17-14-2-1-13(11-21(12-14)15-3-9-24-10-4-15)16(23)18-5-7-22-8-6-19-20-22;;/h6,8,13-15H,1-5,7,9-12,17H2,(H,18,23);2*1H/t13-,14+;;/m1../s1. The van der Waals surface area contributed by atoms with Crippen LogP contribution in [0, 0.1) is 5.92 Å². The summed E-state index contributed by atoms with van der Waals surface area (Å²) in [5, 5.41) is 10.7. The minimum absolute atomic E-state index is 0. The monoisotopic (exact) mass is 408 g/mol. The van der Waals surface area contributed by atoms with Crippen molar-refractivity contribution in [2.45, 2.75) is 44.3 Å². The van der Waals surface area contributed by atoms with E-state index < -0.39 is 0 Å². The second-order valence-corrected chi connectivity index (χ2v) is 6.79. The van der Waals surface area contributed by atoms with E-state index in [0.29, 0.717) is 19.1 Å². The maximum absolute atomic E-state index is 12.6. The average molecular weight is 409 g/mol. The van der Waals surface area contributed by atoms with Gasteiger partial charge in [0.1, 0.15) is 0 Å². The molecule has 8 nitrogen and oxygen atoms in total. The van der Waals surface area contributed by atoms with Crippen LogP contribution in [0.15, 0.2) is 12.4 Å². The van der Waals surface area contributed by atoms with Crippen molar-refractivity contribution in [2.75, 3.05) is 32.8 Å². The fraction of sp³-hybridized carbons (Fsp3) is 0.812. The molecule has 3 rings (SSSR count). The van der Waals surface area contributed by atoms with Crippen LogP contribution in [-0.4, -0.2) is 70.7 Å². The molecule has 0 saturated carbocycles. The number of carbonyl (C=O) groups excluding carboxylic acids is 1. The van der Waals surface area contributed by atoms with Crippen molar-refractivity contribution in [1.29, 1.82) is 0 Å². The molecule has 1 aromatic heterocycles. The Morgan fingerprint density at radius 1 is 1.19 bits per heavy atom. The number of carbonyl (C=O) groups is 1. The van der Waals surface area contributed by atoms with Gasteiger partial charge in [-0.05, 0) is 25.7 Å². The molecule has 3 N–H and O–H groups in total. The first-order chi connectivity index (χ1) is 11.7. The Morgan fingerprint density at radius 2 is 1.96 bits per heavy atom. The van der Waals surface area contributed by atoms with Gasteiger partial charge in [-0.2, -0.15) is 0 Å². The van der Waals surface area contributed by atoms with Gasteiger partial charge in [0.25, 0.3) is 0 Å². The van der Waals surface area contributed by atoms with E-state index in [2.05, 4.69) is 20.5 Å². The van der Waals surface area contributed by atoms with Crippen LogP contribution >= 0.6 is 24.8 Å². The fourth-order valence-electron chi connectivity index (χ4n) is 3.61. The second kappa shape index (κ2) is 11.7. The van der Waals surface area contributed by atoms with Crippen LogP contribution in [0.1, 0.15) is 25.7 Å². The molecule has 2 atom stereocenters. The van der Waals surface area contributed by atoms with Gasteiger partial charge in [0.05, 0.1) is 18.7 Å². The molecule has 2 aliphatic heterocycles. The molecule has 2 aliphatic rings. The molecule has 0 spiro atoms. The van der Waals surface area contributed by atoms with E-state index in [1.165, 1.54) is 0 Å². The summed E-state index contributed by atoms with van der Waals surface area (Å²) in [6.45, 7) is 4.51. The molecule has 0 radical (unpaired) electrons. The van der Waals surface area contributed by atoms with Gasteiger partial charge in [-0.15, -0.1) is 29.9 Å². The molecule has 2 fully saturated rings. The SMILES string of the molecule is Cl.Cl.N[C@H]1CC[C@@H](C(=O)NCCn2ccnn2)CN(C2CCOCC2)C1. The van der Waals surface area contributed by atoms with Crippen molar-refractivity contribution in [1.82, 2.24) is 25.2 Å². The molecule has 0 aromatic carbocycles. The highest BCUT2D eigenvalue weighted by Crippen LogP contribution is 2.22. The molecule has 2 saturated heterocycles. The summed E-state index contributed by atoms with van der Waals surface area (Å²) in [6, 6.07) is 0.647. The van der Waals surface area contributed by atoms with E-state index in [0.717, 1.165) is 52.0 Å². The first-order valence-corrected chi connectivity index (χ1v) is 8.91. The Morgan fingerprint density at radius 3 is 2.65 bits per heavy atom. The lowest BCUT2D eigenvalue weighted by atomic mass is 10.0. The van der Waals surface area contributed by atoms with Crippen molar-refractivity contribution in [3.8, 4) is 0 Å². The summed E-state index contributed by atoms with van der Waals surface area (Å²) < 4.78 is 7.18. The number of hydrogen-bond acceptors (Lipinski definition) is 6. The molecule has 1 aromatic rings. The lowest BCUT2D eigenvalue weighted by Crippen LogP contribution is -2.47. The van der Waals surface area contributed by atoms with Crippen LogP contribution in [0.2, 0.25) is 0 Å². The lowest BCUT2D eigenvalue weighted by Gasteiger charge is -2.35. The Labute approximate surface area is 167 Å². The number of aromatic nitrogens is 3. The normalized spacial score (nSPS) is 24.8. The molecule has 3 heterocycles. The average Bonchev–Trinajstić information content (AvgIpc) is 3.03. The second-order valence-electron chi connectivity index (χ2n) is 6.79. The van der Waals surface area contributed by atoms with Crippen LogP contribution in [0.3, 0.4) is 0 Å². The van der Waals surface area contributed by atoms with E-state index >= 15 is 0 Å². The summed E-state index contributed by atoms with van der Waals surface area (Å²) in [7, 11) is 0. The van der Waals surface area contributed by atoms with Crippen molar-refractivity contribution < 1.29 is 9.53 Å². The van der Waals surface area contributed by atoms with Crippen molar-refractivity contribution in [3.63, 3.8) is 0 Å². The van der Waals surface area contributed by atoms with E-state index in [1.54, 1.807) is 17.1 Å². The fourth-order valence-corrected chi connectivity index (χ4v) is 3.61. The number of likely N-dealkylation sites (tertiary alicyclic amines) is 1. The van der Waals surface area contributed by atoms with Crippen LogP contribution < -0.4 is 11.1 Å². The number of halogens is 2. The van der Waals surface area contributed by atoms with Crippen molar-refractivity contribution in [3.05, 3.63) is 12.4 Å². The molecular formula is C16H30Cl2N6O2. The predicted molar refractivity (Wildman–Crippen MR) is 104 cm³/mol. The molecule has 0 unspecified atom stereocenters. The van der Waals surface area contributed by atoms with Gasteiger partial charge in [0, 0.05) is 51.1 Å². The van der Waals surface area contributed by atoms with E-state index in [4.69, 9.17) is 10.5 Å². The zero-order chi connectivity index (χ0) is 16.8. The summed E-state index contributed by atoms with van der Waals surface area (Å²) in [5.41, 5.74) is 6.24. The van der Waals surface area contributed by atoms with E-state index in [9.17, 15) is 4.79 Å². The molecule has 150 valence electrons. The van der Waals surface area contributed by atoms with E-state index in [-0.39, 0.29) is 42.7 Å². The van der Waals surface area contributed by atoms with Crippen molar-refractivity contribution in [2.24, 2.45) is 11.7 Å². The number of nitrogens with two attached hydrogens (primary N) is 1. The van der Waals surface area contributed by atoms with Gasteiger partial charge in [0.15, 0.2) is 0 Å². The van der Waals surface area contributed by atoms with Crippen LogP contribution in [-0.2, 0) is 16.1 Å². The van der Waals surface area contributed by atoms with Crippen molar-refractivity contribution >= 4 is 30.7 Å². The highest BCUT2D eigenvalue weighted by molar-refractivity contribution is 5.85. The smallest absolute Gasteiger partial charge is 0.224 e. The highest BCUT2D eigenvalue weighted by Gasteiger charge is 2.31. The summed E-state index contributed by atoms with van der Waals surface area (Å²) in [5.74, 6) is 0.137. The third kappa shape index (κ3) is 6.66. The Bertz CT molecular complexity index is 513. The maximum atomic E-state index is 12.6. The Balaban J connectivity index is 0.00000169. The molecule has 0 aliphatic carbocycles. The first-order valence-electron chi connectivity index (χ1n) is 8.91. The molecule has 1 amide bonds. The Hall–Kier alpha value is -0.930. The molecule has 26 heavy (non-hydrogen) atoms. The number of rotatable bonds is 5. The Kier molecular flexibility index (Phi) is 10.4. The topological polar surface area (TPSA) is 98.3 Å². The minimum atomic E-state index is 0. The van der Waals surface area contributed by atoms with Gasteiger partial charge >= 0.3 is 0 Å². The number of nitrogens with one attached hydrogen (secondary N) is 1. The zero-order valence-electron chi connectivity index (χ0n) is 15.0. The third-order valence-corrected chi connectivity index (χ3v) is 5.00. The summed E-state index contributed by atoms with van der Waals surface area (Å²) >= 11 is 0. The molecule has 0 bridgehead atoms. The molecule has 10 heteroatoms. The number of amides is 1. The number of nitrogens with zero attached hydrogens (tertiary/aromatic N) is 4. The minimum Gasteiger partial charge on any atom is -0.381 e. The number of hydrogen-bond donors (Lipinski definition) is 2.